The van der Waals surface area contributed by atoms with Gasteiger partial charge in [-0.3, -0.25) is 4.98 Å². The van der Waals surface area contributed by atoms with E-state index in [4.69, 9.17) is 9.31 Å². The van der Waals surface area contributed by atoms with Gasteiger partial charge in [-0.05, 0) is 46.6 Å². The Morgan fingerprint density at radius 3 is 2.36 bits per heavy atom. The Kier molecular flexibility index (Phi) is 5.36. The molecule has 0 aliphatic carbocycles. The van der Waals surface area contributed by atoms with Gasteiger partial charge in [0.25, 0.3) is 0 Å². The maximum Gasteiger partial charge on any atom is 0.496 e. The third-order valence-electron chi connectivity index (χ3n) is 5.74. The van der Waals surface area contributed by atoms with Crippen molar-refractivity contribution >= 4 is 22.6 Å². The Morgan fingerprint density at radius 1 is 1.18 bits per heavy atom. The molecule has 0 aromatic carbocycles. The summed E-state index contributed by atoms with van der Waals surface area (Å²) in [5, 5.41) is 0. The van der Waals surface area contributed by atoms with Crippen molar-refractivity contribution in [2.75, 3.05) is 13.1 Å². The molecule has 2 saturated heterocycles. The summed E-state index contributed by atoms with van der Waals surface area (Å²) in [6.45, 7) is 6.94. The van der Waals surface area contributed by atoms with Crippen LogP contribution in [0.5, 0.6) is 0 Å². The summed E-state index contributed by atoms with van der Waals surface area (Å²) in [6, 6.07) is 1.36. The lowest BCUT2D eigenvalue weighted by atomic mass is 9.80. The fourth-order valence-corrected chi connectivity index (χ4v) is 4.78. The Balaban J connectivity index is 1.85. The van der Waals surface area contributed by atoms with Gasteiger partial charge in [-0.15, -0.1) is 0 Å². The Morgan fingerprint density at radius 2 is 1.79 bits per heavy atom. The van der Waals surface area contributed by atoms with Gasteiger partial charge in [0.15, 0.2) is 0 Å². The van der Waals surface area contributed by atoms with Crippen molar-refractivity contribution in [1.29, 1.82) is 0 Å². The average Bonchev–Trinajstić information content (AvgIpc) is 2.82. The molecular formula is C17H24BF3N2O4S. The van der Waals surface area contributed by atoms with E-state index in [0.717, 1.165) is 10.5 Å². The Labute approximate surface area is 163 Å². The zero-order chi connectivity index (χ0) is 21.0. The number of halogens is 3. The number of hydrogen-bond donors (Lipinski definition) is 0. The van der Waals surface area contributed by atoms with Crippen molar-refractivity contribution in [2.45, 2.75) is 62.8 Å². The zero-order valence-corrected chi connectivity index (χ0v) is 17.1. The molecule has 28 heavy (non-hydrogen) atoms. The number of piperidine rings is 1. The number of hydrogen-bond acceptors (Lipinski definition) is 5. The molecule has 0 spiro atoms. The molecule has 0 amide bonds. The lowest BCUT2D eigenvalue weighted by molar-refractivity contribution is -0.182. The van der Waals surface area contributed by atoms with Crippen molar-refractivity contribution in [1.82, 2.24) is 9.29 Å². The smallest absolute Gasteiger partial charge is 0.399 e. The van der Waals surface area contributed by atoms with E-state index in [0.29, 0.717) is 5.46 Å². The summed E-state index contributed by atoms with van der Waals surface area (Å²) in [4.78, 5) is 3.80. The van der Waals surface area contributed by atoms with E-state index in [1.807, 2.05) is 27.7 Å². The molecule has 2 aliphatic heterocycles. The summed E-state index contributed by atoms with van der Waals surface area (Å²) in [7, 11) is -4.91. The van der Waals surface area contributed by atoms with Gasteiger partial charge in [0, 0.05) is 30.9 Å². The predicted octanol–water partition coefficient (Wildman–Crippen LogP) is 2.34. The van der Waals surface area contributed by atoms with E-state index >= 15 is 0 Å². The molecule has 0 saturated carbocycles. The van der Waals surface area contributed by atoms with E-state index in [9.17, 15) is 21.6 Å². The molecule has 2 fully saturated rings. The molecule has 6 nitrogen and oxygen atoms in total. The van der Waals surface area contributed by atoms with Crippen molar-refractivity contribution in [3.05, 3.63) is 18.5 Å². The van der Waals surface area contributed by atoms with Gasteiger partial charge in [-0.2, -0.15) is 17.5 Å². The summed E-state index contributed by atoms with van der Waals surface area (Å²) in [5.74, 6) is -1.66. The second kappa shape index (κ2) is 6.96. The normalized spacial score (nSPS) is 25.8. The lowest BCUT2D eigenvalue weighted by Gasteiger charge is -2.32. The molecule has 3 heterocycles. The summed E-state index contributed by atoms with van der Waals surface area (Å²) >= 11 is 0. The van der Waals surface area contributed by atoms with E-state index in [1.165, 1.54) is 12.3 Å². The Hall–Kier alpha value is -1.17. The molecule has 1 aromatic heterocycles. The number of rotatable bonds is 3. The standard InChI is InChI=1S/C17H24BF3N2O4S/c1-15(2)16(3,4)27-18(26-15)13-8-14(10-22-9-13)28(24,25)23-7-5-6-12(11-23)17(19,20)21/h8-10,12H,5-7,11H2,1-4H3. The van der Waals surface area contributed by atoms with Gasteiger partial charge < -0.3 is 9.31 Å². The maximum atomic E-state index is 13.1. The molecule has 1 unspecified atom stereocenters. The Bertz CT molecular complexity index is 829. The molecule has 3 rings (SSSR count). The second-order valence-electron chi connectivity index (χ2n) is 8.29. The van der Waals surface area contributed by atoms with Crippen LogP contribution in [0.4, 0.5) is 13.2 Å². The topological polar surface area (TPSA) is 68.7 Å². The number of alkyl halides is 3. The number of aromatic nitrogens is 1. The quantitative estimate of drug-likeness (QED) is 0.703. The molecule has 2 aliphatic rings. The molecule has 0 radical (unpaired) electrons. The van der Waals surface area contributed by atoms with Gasteiger partial charge in [-0.25, -0.2) is 8.42 Å². The van der Waals surface area contributed by atoms with Crippen LogP contribution in [0.3, 0.4) is 0 Å². The first-order chi connectivity index (χ1) is 12.7. The molecule has 156 valence electrons. The maximum absolute atomic E-state index is 13.1. The first-order valence-corrected chi connectivity index (χ1v) is 10.6. The number of sulfonamides is 1. The highest BCUT2D eigenvalue weighted by Crippen LogP contribution is 2.37. The van der Waals surface area contributed by atoms with Gasteiger partial charge in [-0.1, -0.05) is 0 Å². The third-order valence-corrected chi connectivity index (χ3v) is 7.57. The fourth-order valence-electron chi connectivity index (χ4n) is 3.26. The van der Waals surface area contributed by atoms with Crippen LogP contribution in [0.1, 0.15) is 40.5 Å². The minimum Gasteiger partial charge on any atom is -0.399 e. The third kappa shape index (κ3) is 3.94. The van der Waals surface area contributed by atoms with Gasteiger partial charge in [0.1, 0.15) is 4.90 Å². The molecule has 1 atom stereocenters. The van der Waals surface area contributed by atoms with Crippen molar-refractivity contribution in [2.24, 2.45) is 5.92 Å². The van der Waals surface area contributed by atoms with Crippen LogP contribution < -0.4 is 5.46 Å². The fraction of sp³-hybridized carbons (Fsp3) is 0.706. The highest BCUT2D eigenvalue weighted by molar-refractivity contribution is 7.89. The second-order valence-corrected chi connectivity index (χ2v) is 10.2. The van der Waals surface area contributed by atoms with Crippen LogP contribution >= 0.6 is 0 Å². The van der Waals surface area contributed by atoms with Crippen LogP contribution in [-0.4, -0.2) is 55.3 Å². The van der Waals surface area contributed by atoms with Crippen LogP contribution in [0.15, 0.2) is 23.4 Å². The van der Waals surface area contributed by atoms with Crippen LogP contribution in [0.25, 0.3) is 0 Å². The lowest BCUT2D eigenvalue weighted by Crippen LogP contribution is -2.45. The van der Waals surface area contributed by atoms with Crippen molar-refractivity contribution < 1.29 is 30.9 Å². The highest BCUT2D eigenvalue weighted by Gasteiger charge is 2.52. The SMILES string of the molecule is CC1(C)OB(c2cncc(S(=O)(=O)N3CCCC(C(F)(F)F)C3)c2)OC1(C)C. The van der Waals surface area contributed by atoms with E-state index < -0.39 is 47.0 Å². The number of nitrogens with zero attached hydrogens (tertiary/aromatic N) is 2. The summed E-state index contributed by atoms with van der Waals surface area (Å²) in [6.07, 6.45) is -1.75. The minimum absolute atomic E-state index is 0.0512. The van der Waals surface area contributed by atoms with Crippen molar-refractivity contribution in [3.63, 3.8) is 0 Å². The first-order valence-electron chi connectivity index (χ1n) is 9.11. The monoisotopic (exact) mass is 420 g/mol. The number of pyridine rings is 1. The average molecular weight is 420 g/mol. The summed E-state index contributed by atoms with van der Waals surface area (Å²) in [5.41, 5.74) is -0.817. The molecule has 11 heteroatoms. The molecule has 0 N–H and O–H groups in total. The largest absolute Gasteiger partial charge is 0.496 e. The van der Waals surface area contributed by atoms with Crippen molar-refractivity contribution in [3.8, 4) is 0 Å². The summed E-state index contributed by atoms with van der Waals surface area (Å²) < 4.78 is 77.7. The van der Waals surface area contributed by atoms with Gasteiger partial charge in [0.2, 0.25) is 10.0 Å². The molecular weight excluding hydrogens is 396 g/mol. The van der Waals surface area contributed by atoms with E-state index in [1.54, 1.807) is 0 Å². The van der Waals surface area contributed by atoms with E-state index in [-0.39, 0.29) is 24.3 Å². The van der Waals surface area contributed by atoms with Crippen LogP contribution in [0.2, 0.25) is 0 Å². The van der Waals surface area contributed by atoms with Gasteiger partial charge >= 0.3 is 13.3 Å². The first kappa shape index (κ1) is 21.5. The molecule has 1 aromatic rings. The molecule has 0 bridgehead atoms. The highest BCUT2D eigenvalue weighted by atomic mass is 32.2. The zero-order valence-electron chi connectivity index (χ0n) is 16.3. The van der Waals surface area contributed by atoms with Crippen LogP contribution in [0, 0.1) is 5.92 Å². The van der Waals surface area contributed by atoms with E-state index in [2.05, 4.69) is 4.98 Å². The predicted molar refractivity (Wildman–Crippen MR) is 97.5 cm³/mol. The van der Waals surface area contributed by atoms with Crippen LogP contribution in [-0.2, 0) is 19.3 Å². The van der Waals surface area contributed by atoms with Gasteiger partial charge in [0.05, 0.1) is 17.1 Å². The minimum atomic E-state index is -4.42.